The average molecular weight is 269 g/mol. The van der Waals surface area contributed by atoms with Gasteiger partial charge in [-0.1, -0.05) is 31.9 Å². The van der Waals surface area contributed by atoms with Gasteiger partial charge in [0.25, 0.3) is 5.91 Å². The summed E-state index contributed by atoms with van der Waals surface area (Å²) in [4.78, 5) is 20.2. The number of unbranched alkanes of at least 4 members (excludes halogenated alkanes) is 2. The van der Waals surface area contributed by atoms with Crippen LogP contribution in [0.1, 0.15) is 42.2 Å². The molecule has 0 aromatic carbocycles. The standard InChI is InChI=1S/C16H19N3O/c1-2-3-4-7-13-9-10-14(18-12-13)16(20)19-15-8-5-6-11-17-15/h5-6,8-12H,2-4,7H2,1H3,(H,17,19,20). The number of aryl methyl sites for hydroxylation is 1. The van der Waals surface area contributed by atoms with E-state index in [1.807, 2.05) is 12.1 Å². The third kappa shape index (κ3) is 4.16. The maximum Gasteiger partial charge on any atom is 0.275 e. The molecular weight excluding hydrogens is 250 g/mol. The van der Waals surface area contributed by atoms with Crippen LogP contribution in [0, 0.1) is 0 Å². The molecule has 0 saturated heterocycles. The highest BCUT2D eigenvalue weighted by atomic mass is 16.1. The van der Waals surface area contributed by atoms with Crippen molar-refractivity contribution in [2.24, 2.45) is 0 Å². The molecule has 2 heterocycles. The van der Waals surface area contributed by atoms with Crippen molar-refractivity contribution in [2.45, 2.75) is 32.6 Å². The summed E-state index contributed by atoms with van der Waals surface area (Å²) in [6.45, 7) is 2.18. The number of rotatable bonds is 6. The molecule has 0 spiro atoms. The average Bonchev–Trinajstić information content (AvgIpc) is 2.49. The van der Waals surface area contributed by atoms with Gasteiger partial charge in [-0.25, -0.2) is 4.98 Å². The first-order valence-electron chi connectivity index (χ1n) is 6.97. The highest BCUT2D eigenvalue weighted by molar-refractivity contribution is 6.02. The second kappa shape index (κ2) is 7.38. The van der Waals surface area contributed by atoms with Crippen LogP contribution in [-0.4, -0.2) is 15.9 Å². The minimum atomic E-state index is -0.233. The Balaban J connectivity index is 1.94. The number of carbonyl (C=O) groups is 1. The molecule has 2 aromatic rings. The van der Waals surface area contributed by atoms with Crippen LogP contribution in [0.5, 0.6) is 0 Å². The number of hydrogen-bond donors (Lipinski definition) is 1. The summed E-state index contributed by atoms with van der Waals surface area (Å²) >= 11 is 0. The quantitative estimate of drug-likeness (QED) is 0.817. The van der Waals surface area contributed by atoms with Crippen molar-refractivity contribution < 1.29 is 4.79 Å². The van der Waals surface area contributed by atoms with E-state index in [1.54, 1.807) is 30.6 Å². The van der Waals surface area contributed by atoms with Crippen LogP contribution in [0.2, 0.25) is 0 Å². The summed E-state index contributed by atoms with van der Waals surface area (Å²) in [6, 6.07) is 9.11. The molecule has 0 aliphatic carbocycles. The van der Waals surface area contributed by atoms with E-state index in [4.69, 9.17) is 0 Å². The van der Waals surface area contributed by atoms with Gasteiger partial charge in [0.2, 0.25) is 0 Å². The van der Waals surface area contributed by atoms with Gasteiger partial charge >= 0.3 is 0 Å². The summed E-state index contributed by atoms with van der Waals surface area (Å²) in [5.41, 5.74) is 1.59. The number of anilines is 1. The van der Waals surface area contributed by atoms with Gasteiger partial charge in [0.1, 0.15) is 11.5 Å². The molecular formula is C16H19N3O. The monoisotopic (exact) mass is 269 g/mol. The predicted molar refractivity (Wildman–Crippen MR) is 79.7 cm³/mol. The normalized spacial score (nSPS) is 10.2. The van der Waals surface area contributed by atoms with Crippen LogP contribution < -0.4 is 5.32 Å². The lowest BCUT2D eigenvalue weighted by Gasteiger charge is -2.04. The van der Waals surface area contributed by atoms with Gasteiger partial charge in [-0.2, -0.15) is 0 Å². The number of nitrogens with one attached hydrogen (secondary N) is 1. The first kappa shape index (κ1) is 14.2. The van der Waals surface area contributed by atoms with E-state index in [0.717, 1.165) is 12.8 Å². The van der Waals surface area contributed by atoms with Gasteiger partial charge in [0.15, 0.2) is 0 Å². The summed E-state index contributed by atoms with van der Waals surface area (Å²) < 4.78 is 0. The lowest BCUT2D eigenvalue weighted by molar-refractivity contribution is 0.102. The molecule has 20 heavy (non-hydrogen) atoms. The first-order chi connectivity index (χ1) is 9.79. The zero-order valence-corrected chi connectivity index (χ0v) is 11.7. The number of hydrogen-bond acceptors (Lipinski definition) is 3. The van der Waals surface area contributed by atoms with Crippen molar-refractivity contribution >= 4 is 11.7 Å². The highest BCUT2D eigenvalue weighted by Crippen LogP contribution is 2.08. The number of amides is 1. The molecule has 0 saturated carbocycles. The fourth-order valence-corrected chi connectivity index (χ4v) is 1.90. The summed E-state index contributed by atoms with van der Waals surface area (Å²) in [5, 5.41) is 2.72. The third-order valence-electron chi connectivity index (χ3n) is 3.03. The maximum absolute atomic E-state index is 12.0. The lowest BCUT2D eigenvalue weighted by Crippen LogP contribution is -2.14. The molecule has 1 amide bonds. The molecule has 0 fully saturated rings. The van der Waals surface area contributed by atoms with E-state index < -0.39 is 0 Å². The van der Waals surface area contributed by atoms with E-state index in [1.165, 1.54) is 18.4 Å². The van der Waals surface area contributed by atoms with E-state index in [2.05, 4.69) is 22.2 Å². The Hall–Kier alpha value is -2.23. The predicted octanol–water partition coefficient (Wildman–Crippen LogP) is 3.46. The fraction of sp³-hybridized carbons (Fsp3) is 0.312. The third-order valence-corrected chi connectivity index (χ3v) is 3.03. The van der Waals surface area contributed by atoms with E-state index in [0.29, 0.717) is 11.5 Å². The van der Waals surface area contributed by atoms with Crippen molar-refractivity contribution in [2.75, 3.05) is 5.32 Å². The van der Waals surface area contributed by atoms with Crippen molar-refractivity contribution in [1.82, 2.24) is 9.97 Å². The van der Waals surface area contributed by atoms with Crippen LogP contribution in [0.15, 0.2) is 42.7 Å². The van der Waals surface area contributed by atoms with E-state index in [9.17, 15) is 4.79 Å². The minimum absolute atomic E-state index is 0.233. The van der Waals surface area contributed by atoms with Crippen molar-refractivity contribution in [3.05, 3.63) is 54.0 Å². The van der Waals surface area contributed by atoms with Crippen molar-refractivity contribution in [3.8, 4) is 0 Å². The molecule has 0 atom stereocenters. The van der Waals surface area contributed by atoms with Crippen molar-refractivity contribution in [1.29, 1.82) is 0 Å². The zero-order valence-electron chi connectivity index (χ0n) is 11.7. The molecule has 0 radical (unpaired) electrons. The fourth-order valence-electron chi connectivity index (χ4n) is 1.90. The van der Waals surface area contributed by atoms with Gasteiger partial charge in [-0.15, -0.1) is 0 Å². The Labute approximate surface area is 119 Å². The zero-order chi connectivity index (χ0) is 14.2. The lowest BCUT2D eigenvalue weighted by atomic mass is 10.1. The molecule has 2 aromatic heterocycles. The topological polar surface area (TPSA) is 54.9 Å². The minimum Gasteiger partial charge on any atom is -0.305 e. The second-order valence-electron chi connectivity index (χ2n) is 4.68. The smallest absolute Gasteiger partial charge is 0.275 e. The van der Waals surface area contributed by atoms with Gasteiger partial charge in [0.05, 0.1) is 0 Å². The molecule has 1 N–H and O–H groups in total. The Kier molecular flexibility index (Phi) is 5.24. The maximum atomic E-state index is 12.0. The molecule has 4 nitrogen and oxygen atoms in total. The van der Waals surface area contributed by atoms with Crippen LogP contribution >= 0.6 is 0 Å². The van der Waals surface area contributed by atoms with Gasteiger partial charge in [0, 0.05) is 12.4 Å². The Morgan fingerprint density at radius 3 is 2.70 bits per heavy atom. The molecule has 4 heteroatoms. The van der Waals surface area contributed by atoms with E-state index in [-0.39, 0.29) is 5.91 Å². The summed E-state index contributed by atoms with van der Waals surface area (Å²) in [6.07, 6.45) is 8.03. The molecule has 0 bridgehead atoms. The summed E-state index contributed by atoms with van der Waals surface area (Å²) in [7, 11) is 0. The second-order valence-corrected chi connectivity index (χ2v) is 4.68. The van der Waals surface area contributed by atoms with Gasteiger partial charge in [-0.3, -0.25) is 9.78 Å². The van der Waals surface area contributed by atoms with Crippen LogP contribution in [0.3, 0.4) is 0 Å². The number of carbonyl (C=O) groups excluding carboxylic acids is 1. The molecule has 2 rings (SSSR count). The SMILES string of the molecule is CCCCCc1ccc(C(=O)Nc2ccccn2)nc1. The Bertz CT molecular complexity index is 537. The van der Waals surface area contributed by atoms with Crippen LogP contribution in [0.25, 0.3) is 0 Å². The van der Waals surface area contributed by atoms with Crippen LogP contribution in [0.4, 0.5) is 5.82 Å². The molecule has 104 valence electrons. The highest BCUT2D eigenvalue weighted by Gasteiger charge is 2.07. The Morgan fingerprint density at radius 2 is 2.05 bits per heavy atom. The van der Waals surface area contributed by atoms with Gasteiger partial charge in [-0.05, 0) is 36.6 Å². The molecule has 0 unspecified atom stereocenters. The van der Waals surface area contributed by atoms with Crippen molar-refractivity contribution in [3.63, 3.8) is 0 Å². The van der Waals surface area contributed by atoms with Gasteiger partial charge < -0.3 is 5.32 Å². The first-order valence-corrected chi connectivity index (χ1v) is 6.97. The van der Waals surface area contributed by atoms with E-state index >= 15 is 0 Å². The summed E-state index contributed by atoms with van der Waals surface area (Å²) in [5.74, 6) is 0.301. The number of aromatic nitrogens is 2. The Morgan fingerprint density at radius 1 is 1.15 bits per heavy atom. The number of pyridine rings is 2. The molecule has 0 aliphatic heterocycles. The molecule has 0 aliphatic rings. The number of nitrogens with zero attached hydrogens (tertiary/aromatic N) is 2. The largest absolute Gasteiger partial charge is 0.305 e. The van der Waals surface area contributed by atoms with Crippen LogP contribution in [-0.2, 0) is 6.42 Å².